The minimum absolute atomic E-state index is 0.117. The topological polar surface area (TPSA) is 117 Å². The Hall–Kier alpha value is -2.91. The van der Waals surface area contributed by atoms with E-state index in [1.807, 2.05) is 20.8 Å². The van der Waals surface area contributed by atoms with Crippen molar-refractivity contribution in [3.05, 3.63) is 36.9 Å². The minimum Gasteiger partial charge on any atom is -0.497 e. The fraction of sp³-hybridized carbons (Fsp3) is 0.607. The number of methoxy groups -OCH3 is 1. The third kappa shape index (κ3) is 3.94. The Labute approximate surface area is 218 Å². The van der Waals surface area contributed by atoms with Crippen LogP contribution in [0.1, 0.15) is 46.5 Å². The first-order chi connectivity index (χ1) is 17.7. The molecular weight excluding hydrogens is 476 g/mol. The van der Waals surface area contributed by atoms with Crippen molar-refractivity contribution < 1.29 is 34.1 Å². The predicted molar refractivity (Wildman–Crippen MR) is 137 cm³/mol. The van der Waals surface area contributed by atoms with E-state index in [1.165, 1.54) is 4.90 Å². The number of hydrogen-bond acceptors (Lipinski definition) is 6. The fourth-order valence-corrected chi connectivity index (χ4v) is 6.84. The number of ether oxygens (including phenoxy) is 2. The Morgan fingerprint density at radius 2 is 1.97 bits per heavy atom. The molecule has 2 bridgehead atoms. The van der Waals surface area contributed by atoms with Crippen LogP contribution in [0, 0.1) is 17.8 Å². The Morgan fingerprint density at radius 1 is 1.30 bits per heavy atom. The van der Waals surface area contributed by atoms with Crippen LogP contribution in [0.3, 0.4) is 0 Å². The second-order valence-electron chi connectivity index (χ2n) is 10.5. The Kier molecular flexibility index (Phi) is 7.41. The first-order valence-corrected chi connectivity index (χ1v) is 13.1. The monoisotopic (exact) mass is 514 g/mol. The fourth-order valence-electron chi connectivity index (χ4n) is 6.84. The zero-order chi connectivity index (χ0) is 27.1. The molecule has 3 heterocycles. The molecule has 0 saturated carbocycles. The van der Waals surface area contributed by atoms with Crippen LogP contribution in [-0.4, -0.2) is 76.4 Å². The summed E-state index contributed by atoms with van der Waals surface area (Å²) >= 11 is 0. The molecular formula is C28H38N2O7. The Bertz CT molecular complexity index is 1060. The molecule has 9 nitrogen and oxygen atoms in total. The summed E-state index contributed by atoms with van der Waals surface area (Å²) in [6, 6.07) is 5.29. The Morgan fingerprint density at radius 3 is 2.49 bits per heavy atom. The van der Waals surface area contributed by atoms with E-state index < -0.39 is 47.0 Å². The van der Waals surface area contributed by atoms with Crippen LogP contribution in [0.15, 0.2) is 36.9 Å². The number of carboxylic acid groups (broad SMARTS) is 1. The highest BCUT2D eigenvalue weighted by atomic mass is 16.5. The molecule has 1 aromatic rings. The highest BCUT2D eigenvalue weighted by Crippen LogP contribution is 2.64. The number of amides is 2. The summed E-state index contributed by atoms with van der Waals surface area (Å²) in [7, 11) is 1.56. The average molecular weight is 515 g/mol. The lowest BCUT2D eigenvalue weighted by atomic mass is 9.65. The van der Waals surface area contributed by atoms with Gasteiger partial charge in [0, 0.05) is 12.2 Å². The molecule has 9 heteroatoms. The number of aliphatic hydroxyl groups excluding tert-OH is 1. The lowest BCUT2D eigenvalue weighted by Crippen LogP contribution is -2.60. The molecule has 202 valence electrons. The van der Waals surface area contributed by atoms with E-state index in [-0.39, 0.29) is 25.0 Å². The van der Waals surface area contributed by atoms with Crippen molar-refractivity contribution in [2.75, 3.05) is 25.2 Å². The summed E-state index contributed by atoms with van der Waals surface area (Å²) in [6.07, 6.45) is 3.57. The van der Waals surface area contributed by atoms with Gasteiger partial charge in [0.05, 0.1) is 31.3 Å². The highest BCUT2D eigenvalue weighted by Gasteiger charge is 2.79. The van der Waals surface area contributed by atoms with Gasteiger partial charge in [0.25, 0.3) is 5.91 Å². The van der Waals surface area contributed by atoms with Crippen LogP contribution >= 0.6 is 0 Å². The van der Waals surface area contributed by atoms with Crippen LogP contribution in [0.2, 0.25) is 0 Å². The molecule has 0 aliphatic carbocycles. The van der Waals surface area contributed by atoms with Gasteiger partial charge in [0.1, 0.15) is 23.3 Å². The largest absolute Gasteiger partial charge is 0.497 e. The second kappa shape index (κ2) is 10.1. The van der Waals surface area contributed by atoms with Crippen molar-refractivity contribution >= 4 is 23.5 Å². The van der Waals surface area contributed by atoms with E-state index in [1.54, 1.807) is 42.4 Å². The van der Waals surface area contributed by atoms with Gasteiger partial charge in [-0.15, -0.1) is 6.58 Å². The minimum atomic E-state index is -1.28. The molecule has 3 aliphatic rings. The first kappa shape index (κ1) is 27.1. The van der Waals surface area contributed by atoms with Crippen LogP contribution in [-0.2, 0) is 19.1 Å². The molecule has 1 aromatic carbocycles. The Balaban J connectivity index is 1.87. The molecule has 0 aromatic heterocycles. The van der Waals surface area contributed by atoms with Gasteiger partial charge in [-0.05, 0) is 49.4 Å². The number of rotatable bonds is 11. The van der Waals surface area contributed by atoms with Crippen molar-refractivity contribution in [2.45, 2.75) is 69.7 Å². The SMILES string of the molecule is C=CCN(C(=O)C1N([C@@H](CO)[C@@H](C)CC)C(=O)[C@@H]2[C@@H](C(=O)O)[C@@]3(CC)CCC12O3)c1ccc(OC)cc1. The maximum absolute atomic E-state index is 14.5. The van der Waals surface area contributed by atoms with Crippen molar-refractivity contribution in [1.82, 2.24) is 4.90 Å². The van der Waals surface area contributed by atoms with Crippen molar-refractivity contribution in [1.29, 1.82) is 0 Å². The average Bonchev–Trinajstić information content (AvgIpc) is 3.51. The van der Waals surface area contributed by atoms with Gasteiger partial charge in [-0.3, -0.25) is 14.4 Å². The first-order valence-electron chi connectivity index (χ1n) is 13.1. The van der Waals surface area contributed by atoms with E-state index in [0.29, 0.717) is 37.1 Å². The number of carboxylic acids is 1. The molecule has 3 aliphatic heterocycles. The molecule has 1 spiro atoms. The van der Waals surface area contributed by atoms with Crippen LogP contribution < -0.4 is 9.64 Å². The van der Waals surface area contributed by atoms with E-state index in [2.05, 4.69) is 6.58 Å². The molecule has 2 N–H and O–H groups in total. The number of aliphatic carboxylic acids is 1. The lowest BCUT2D eigenvalue weighted by Gasteiger charge is -2.41. The van der Waals surface area contributed by atoms with E-state index in [9.17, 15) is 24.6 Å². The van der Waals surface area contributed by atoms with Gasteiger partial charge < -0.3 is 29.5 Å². The zero-order valence-electron chi connectivity index (χ0n) is 22.1. The maximum Gasteiger partial charge on any atom is 0.310 e. The van der Waals surface area contributed by atoms with Gasteiger partial charge in [-0.2, -0.15) is 0 Å². The highest BCUT2D eigenvalue weighted by molar-refractivity contribution is 6.05. The van der Waals surface area contributed by atoms with E-state index >= 15 is 0 Å². The van der Waals surface area contributed by atoms with Crippen LogP contribution in [0.25, 0.3) is 0 Å². The van der Waals surface area contributed by atoms with Crippen molar-refractivity contribution in [3.8, 4) is 5.75 Å². The molecule has 0 radical (unpaired) electrons. The van der Waals surface area contributed by atoms with Crippen molar-refractivity contribution in [2.24, 2.45) is 17.8 Å². The standard InChI is InChI=1S/C28H38N2O7/c1-6-15-29(18-9-11-19(36-5)12-10-18)25(33)23-28-14-13-27(8-3,37-28)22(26(34)35)21(28)24(32)30(23)20(16-31)17(4)7-2/h6,9-12,17,20-23,31H,1,7-8,13-16H2,2-5H3,(H,34,35)/t17-,20-,21-,22-,23?,27+,28?/m0/s1. The lowest BCUT2D eigenvalue weighted by molar-refractivity contribution is -0.158. The number of anilines is 1. The third-order valence-electron chi connectivity index (χ3n) is 8.93. The number of carbonyl (C=O) groups excluding carboxylic acids is 2. The zero-order valence-corrected chi connectivity index (χ0v) is 22.1. The quantitative estimate of drug-likeness (QED) is 0.436. The van der Waals surface area contributed by atoms with Gasteiger partial charge >= 0.3 is 5.97 Å². The number of nitrogens with zero attached hydrogens (tertiary/aromatic N) is 2. The molecule has 3 saturated heterocycles. The summed E-state index contributed by atoms with van der Waals surface area (Å²) in [5.41, 5.74) is -1.68. The second-order valence-corrected chi connectivity index (χ2v) is 10.5. The number of hydrogen-bond donors (Lipinski definition) is 2. The summed E-state index contributed by atoms with van der Waals surface area (Å²) in [5, 5.41) is 20.7. The summed E-state index contributed by atoms with van der Waals surface area (Å²) in [5.74, 6) is -3.41. The molecule has 37 heavy (non-hydrogen) atoms. The van der Waals surface area contributed by atoms with Crippen LogP contribution in [0.4, 0.5) is 5.69 Å². The van der Waals surface area contributed by atoms with Gasteiger partial charge in [0.15, 0.2) is 0 Å². The molecule has 3 fully saturated rings. The van der Waals surface area contributed by atoms with Crippen molar-refractivity contribution in [3.63, 3.8) is 0 Å². The van der Waals surface area contributed by atoms with Gasteiger partial charge in [0.2, 0.25) is 5.91 Å². The summed E-state index contributed by atoms with van der Waals surface area (Å²) in [6.45, 7) is 9.41. The smallest absolute Gasteiger partial charge is 0.310 e. The molecule has 7 atom stereocenters. The predicted octanol–water partition coefficient (Wildman–Crippen LogP) is 2.86. The molecule has 4 rings (SSSR count). The third-order valence-corrected chi connectivity index (χ3v) is 8.93. The number of aliphatic hydroxyl groups is 1. The molecule has 2 unspecified atom stereocenters. The summed E-state index contributed by atoms with van der Waals surface area (Å²) < 4.78 is 11.9. The van der Waals surface area contributed by atoms with Crippen LogP contribution in [0.5, 0.6) is 5.75 Å². The van der Waals surface area contributed by atoms with E-state index in [0.717, 1.165) is 0 Å². The normalized spacial score (nSPS) is 31.6. The maximum atomic E-state index is 14.5. The number of likely N-dealkylation sites (tertiary alicyclic amines) is 1. The number of fused-ring (bicyclic) bond motifs is 1. The van der Waals surface area contributed by atoms with E-state index in [4.69, 9.17) is 9.47 Å². The summed E-state index contributed by atoms with van der Waals surface area (Å²) in [4.78, 5) is 44.2. The molecule has 2 amide bonds. The van der Waals surface area contributed by atoms with Gasteiger partial charge in [-0.1, -0.05) is 33.3 Å². The number of carbonyl (C=O) groups is 3. The van der Waals surface area contributed by atoms with Gasteiger partial charge in [-0.25, -0.2) is 0 Å². The number of benzene rings is 1.